The van der Waals surface area contributed by atoms with Crippen LogP contribution in [-0.4, -0.2) is 27.2 Å². The number of sulfonamides is 1. The molecule has 0 aliphatic heterocycles. The topological polar surface area (TPSA) is 72.5 Å². The van der Waals surface area contributed by atoms with E-state index in [1.54, 1.807) is 12.1 Å². The Morgan fingerprint density at radius 1 is 1.26 bits per heavy atom. The monoisotopic (exact) mass is 285 g/mol. The van der Waals surface area contributed by atoms with Crippen LogP contribution in [-0.2, 0) is 19.6 Å². The maximum Gasteiger partial charge on any atom is 0.305 e. The zero-order valence-corrected chi connectivity index (χ0v) is 12.2. The molecule has 0 aliphatic carbocycles. The second-order valence-corrected chi connectivity index (χ2v) is 6.24. The number of hydrogen-bond donors (Lipinski definition) is 1. The van der Waals surface area contributed by atoms with E-state index < -0.39 is 16.0 Å². The van der Waals surface area contributed by atoms with Crippen LogP contribution in [0.15, 0.2) is 18.2 Å². The van der Waals surface area contributed by atoms with Gasteiger partial charge in [-0.1, -0.05) is 6.07 Å². The van der Waals surface area contributed by atoms with Gasteiger partial charge in [-0.2, -0.15) is 0 Å². The molecule has 1 aromatic carbocycles. The molecule has 0 heterocycles. The standard InChI is InChI=1S/C13H19NO4S/c1-10-6-7-12(9-11(10)2)14-19(16,17)8-4-5-13(15)18-3/h6-7,9,14H,4-5,8H2,1-3H3. The number of nitrogens with one attached hydrogen (secondary N) is 1. The molecule has 0 amide bonds. The molecule has 0 saturated carbocycles. The summed E-state index contributed by atoms with van der Waals surface area (Å²) in [5.41, 5.74) is 2.67. The van der Waals surface area contributed by atoms with Gasteiger partial charge in [0, 0.05) is 12.1 Å². The summed E-state index contributed by atoms with van der Waals surface area (Å²) in [5, 5.41) is 0. The first-order valence-electron chi connectivity index (χ1n) is 5.98. The number of benzene rings is 1. The maximum atomic E-state index is 11.8. The minimum atomic E-state index is -3.43. The number of esters is 1. The maximum absolute atomic E-state index is 11.8. The average Bonchev–Trinajstić information content (AvgIpc) is 2.33. The van der Waals surface area contributed by atoms with Crippen LogP contribution < -0.4 is 4.72 Å². The highest BCUT2D eigenvalue weighted by atomic mass is 32.2. The quantitative estimate of drug-likeness (QED) is 0.811. The number of aryl methyl sites for hydroxylation is 2. The fourth-order valence-corrected chi connectivity index (χ4v) is 2.66. The smallest absolute Gasteiger partial charge is 0.305 e. The van der Waals surface area contributed by atoms with Gasteiger partial charge in [-0.05, 0) is 43.5 Å². The second kappa shape index (κ2) is 6.56. The van der Waals surface area contributed by atoms with Crippen LogP contribution in [0.25, 0.3) is 0 Å². The van der Waals surface area contributed by atoms with Crippen molar-refractivity contribution < 1.29 is 17.9 Å². The normalized spacial score (nSPS) is 11.1. The Kier molecular flexibility index (Phi) is 5.35. The lowest BCUT2D eigenvalue weighted by Crippen LogP contribution is -2.17. The van der Waals surface area contributed by atoms with Crippen LogP contribution in [0, 0.1) is 13.8 Å². The van der Waals surface area contributed by atoms with Crippen molar-refractivity contribution in [2.75, 3.05) is 17.6 Å². The molecule has 6 heteroatoms. The van der Waals surface area contributed by atoms with E-state index in [0.717, 1.165) is 11.1 Å². The second-order valence-electron chi connectivity index (χ2n) is 4.40. The van der Waals surface area contributed by atoms with Crippen molar-refractivity contribution in [2.45, 2.75) is 26.7 Å². The number of rotatable bonds is 6. The third-order valence-electron chi connectivity index (χ3n) is 2.80. The van der Waals surface area contributed by atoms with Gasteiger partial charge in [0.25, 0.3) is 0 Å². The Labute approximate surface area is 114 Å². The first-order chi connectivity index (χ1) is 8.84. The fraction of sp³-hybridized carbons (Fsp3) is 0.462. The Balaban J connectivity index is 2.59. The summed E-state index contributed by atoms with van der Waals surface area (Å²) in [6.07, 6.45) is 0.344. The summed E-state index contributed by atoms with van der Waals surface area (Å²) in [6, 6.07) is 5.37. The van der Waals surface area contributed by atoms with E-state index in [9.17, 15) is 13.2 Å². The lowest BCUT2D eigenvalue weighted by Gasteiger charge is -2.09. The summed E-state index contributed by atoms with van der Waals surface area (Å²) in [7, 11) is -2.14. The van der Waals surface area contributed by atoms with E-state index in [-0.39, 0.29) is 18.6 Å². The molecule has 1 rings (SSSR count). The predicted molar refractivity (Wildman–Crippen MR) is 74.6 cm³/mol. The lowest BCUT2D eigenvalue weighted by molar-refractivity contribution is -0.140. The Morgan fingerprint density at radius 2 is 1.95 bits per heavy atom. The summed E-state index contributed by atoms with van der Waals surface area (Å²) in [4.78, 5) is 10.9. The molecule has 1 N–H and O–H groups in total. The fourth-order valence-electron chi connectivity index (χ4n) is 1.54. The van der Waals surface area contributed by atoms with Gasteiger partial charge in [-0.15, -0.1) is 0 Å². The van der Waals surface area contributed by atoms with Gasteiger partial charge in [-0.3, -0.25) is 9.52 Å². The van der Waals surface area contributed by atoms with Crippen molar-refractivity contribution in [2.24, 2.45) is 0 Å². The van der Waals surface area contributed by atoms with E-state index in [1.165, 1.54) is 7.11 Å². The van der Waals surface area contributed by atoms with Gasteiger partial charge in [0.1, 0.15) is 0 Å². The summed E-state index contributed by atoms with van der Waals surface area (Å²) in [6.45, 7) is 3.88. The highest BCUT2D eigenvalue weighted by molar-refractivity contribution is 7.92. The molecule has 1 aromatic rings. The SMILES string of the molecule is COC(=O)CCCS(=O)(=O)Nc1ccc(C)c(C)c1. The molecule has 5 nitrogen and oxygen atoms in total. The molecule has 0 aliphatic rings. The first-order valence-corrected chi connectivity index (χ1v) is 7.64. The van der Waals surface area contributed by atoms with Crippen molar-refractivity contribution >= 4 is 21.7 Å². The van der Waals surface area contributed by atoms with Crippen LogP contribution in [0.1, 0.15) is 24.0 Å². The van der Waals surface area contributed by atoms with Crippen LogP contribution in [0.2, 0.25) is 0 Å². The van der Waals surface area contributed by atoms with Crippen LogP contribution in [0.4, 0.5) is 5.69 Å². The molecule has 0 saturated heterocycles. The molecule has 0 atom stereocenters. The predicted octanol–water partition coefficient (Wildman–Crippen LogP) is 2.00. The zero-order chi connectivity index (χ0) is 14.5. The van der Waals surface area contributed by atoms with Crippen LogP contribution in [0.5, 0.6) is 0 Å². The molecular formula is C13H19NO4S. The third-order valence-corrected chi connectivity index (χ3v) is 4.17. The van der Waals surface area contributed by atoms with Gasteiger partial charge < -0.3 is 4.74 Å². The average molecular weight is 285 g/mol. The first kappa shape index (κ1) is 15.5. The number of hydrogen-bond acceptors (Lipinski definition) is 4. The number of methoxy groups -OCH3 is 1. The number of anilines is 1. The molecule has 106 valence electrons. The molecule has 0 fully saturated rings. The number of ether oxygens (including phenoxy) is 1. The van der Waals surface area contributed by atoms with Gasteiger partial charge in [0.15, 0.2) is 0 Å². The molecule has 0 bridgehead atoms. The van der Waals surface area contributed by atoms with Crippen molar-refractivity contribution in [3.63, 3.8) is 0 Å². The van der Waals surface area contributed by atoms with Crippen LogP contribution in [0.3, 0.4) is 0 Å². The number of carbonyl (C=O) groups is 1. The molecule has 19 heavy (non-hydrogen) atoms. The summed E-state index contributed by atoms with van der Waals surface area (Å²) < 4.78 is 30.6. The van der Waals surface area contributed by atoms with Crippen molar-refractivity contribution in [3.8, 4) is 0 Å². The summed E-state index contributed by atoms with van der Waals surface area (Å²) in [5.74, 6) is -0.504. The minimum Gasteiger partial charge on any atom is -0.469 e. The largest absolute Gasteiger partial charge is 0.469 e. The number of carbonyl (C=O) groups excluding carboxylic acids is 1. The van der Waals surface area contributed by atoms with E-state index >= 15 is 0 Å². The van der Waals surface area contributed by atoms with Gasteiger partial charge in [0.05, 0.1) is 12.9 Å². The lowest BCUT2D eigenvalue weighted by atomic mass is 10.1. The van der Waals surface area contributed by atoms with Crippen molar-refractivity contribution in [3.05, 3.63) is 29.3 Å². The Hall–Kier alpha value is -1.56. The van der Waals surface area contributed by atoms with Crippen molar-refractivity contribution in [1.82, 2.24) is 0 Å². The van der Waals surface area contributed by atoms with E-state index in [0.29, 0.717) is 5.69 Å². The van der Waals surface area contributed by atoms with E-state index in [4.69, 9.17) is 0 Å². The Bertz CT molecular complexity index is 552. The van der Waals surface area contributed by atoms with Crippen LogP contribution >= 0.6 is 0 Å². The van der Waals surface area contributed by atoms with E-state index in [1.807, 2.05) is 19.9 Å². The molecule has 0 radical (unpaired) electrons. The molecule has 0 unspecified atom stereocenters. The van der Waals surface area contributed by atoms with Crippen molar-refractivity contribution in [1.29, 1.82) is 0 Å². The molecule has 0 spiro atoms. The highest BCUT2D eigenvalue weighted by Crippen LogP contribution is 2.15. The highest BCUT2D eigenvalue weighted by Gasteiger charge is 2.12. The zero-order valence-electron chi connectivity index (χ0n) is 11.4. The van der Waals surface area contributed by atoms with Gasteiger partial charge in [0.2, 0.25) is 10.0 Å². The van der Waals surface area contributed by atoms with E-state index in [2.05, 4.69) is 9.46 Å². The van der Waals surface area contributed by atoms with Gasteiger partial charge in [-0.25, -0.2) is 8.42 Å². The third kappa shape index (κ3) is 5.30. The molecular weight excluding hydrogens is 266 g/mol. The minimum absolute atomic E-state index is 0.102. The summed E-state index contributed by atoms with van der Waals surface area (Å²) >= 11 is 0. The Morgan fingerprint density at radius 3 is 2.53 bits per heavy atom. The van der Waals surface area contributed by atoms with Gasteiger partial charge >= 0.3 is 5.97 Å². The molecule has 0 aromatic heterocycles.